The standard InChI is InChI=1S/C20H12N4.C16H10N4.C14H8BrN3.C14H10N4.C14H9N3.C7H4FN.C7H6N2.C6H4I2.C2H3ClO.CH4.BHNS.Cu.HI.Na.H/c1-4-10-16-13(7-1)19-21-14-8-2-6-12-18(14)24(19)20-22-15-9-3-5-11-17(15)23(16)20;1-3-7-13-11(5-1)15-17-9-10-19(15)16-18-12-6-2-4-8-14(12)20(13)16;15-14-17-11-6-2-4-8-13(11)18(14)12-7-3-1-5-10(12)9-16;15-13-9-5-1-3-7-11(9)18-12-8-4-2-6-10(12)16-14(18)17-13;15-9-11-5-1-3-7-13(11)17-10-16-12-6-2-4-8-14(12)17;8-7-4-2-1-3-6(7)5-9;1-2-4-7-6(3-1)8-5-9-7;7-5-3-1-2-4-6(5)8;3-1-2-4;;1-2-3;;;;/h1-12H;1-10H;1-8H;1-8H,(H2,15,16,17);1-8,10H;1-4H;1-5H,(H,8,9);1-4H;2H,1H2;1H4;3H;;1H;;/q;;;;;;;;;;;+1;;+1;-1/p-1. The first-order valence-corrected chi connectivity index (χ1v) is 47.0. The quantitative estimate of drug-likeness (QED) is 0.0487. The Morgan fingerprint density at radius 3 is 1.40 bits per heavy atom. The molecule has 0 aliphatic rings. The van der Waals surface area contributed by atoms with Crippen LogP contribution in [-0.2, 0) is 17.6 Å². The van der Waals surface area contributed by atoms with Gasteiger partial charge in [-0.1, -0.05) is 177 Å². The number of nitrogens with two attached hydrogens (primary N) is 1. The van der Waals surface area contributed by atoms with Crippen molar-refractivity contribution in [2.24, 2.45) is 4.30 Å². The minimum absolute atomic E-state index is 0. The van der Waals surface area contributed by atoms with Crippen molar-refractivity contribution in [3.8, 4) is 29.6 Å². The van der Waals surface area contributed by atoms with Crippen molar-refractivity contribution in [2.45, 2.75) is 7.43 Å². The van der Waals surface area contributed by atoms with Gasteiger partial charge < -0.3 is 16.9 Å². The van der Waals surface area contributed by atoms with Crippen molar-refractivity contribution in [1.82, 2.24) is 81.0 Å². The van der Waals surface area contributed by atoms with Gasteiger partial charge in [-0.05, 0) is 231 Å². The molecule has 33 heteroatoms. The number of carbonyl (C=O) groups is 1. The van der Waals surface area contributed by atoms with Crippen LogP contribution in [0.5, 0.6) is 0 Å². The molecule has 3 N–H and O–H groups in total. The van der Waals surface area contributed by atoms with Crippen LogP contribution in [0.2, 0.25) is 0 Å². The number of nitrogen functional groups attached to an aromatic ring is 1. The Morgan fingerprint density at radius 1 is 0.463 bits per heavy atom. The van der Waals surface area contributed by atoms with Gasteiger partial charge in [-0.15, -0.1) is 11.6 Å². The van der Waals surface area contributed by atoms with E-state index in [0.29, 0.717) is 33.7 Å². The number of carbonyl (C=O) groups excluding carboxylic acids is 1. The average Bonchev–Trinajstić information content (AvgIpc) is 1.55. The number of para-hydroxylation sites is 19. The van der Waals surface area contributed by atoms with E-state index in [1.165, 1.54) is 19.3 Å². The van der Waals surface area contributed by atoms with E-state index in [1.807, 2.05) is 249 Å². The summed E-state index contributed by atoms with van der Waals surface area (Å²) in [4.78, 5) is 52.7. The van der Waals surface area contributed by atoms with Crippen molar-refractivity contribution in [1.29, 1.82) is 15.8 Å². The Kier molecular flexibility index (Phi) is 34.8. The maximum Gasteiger partial charge on any atom is 1.00 e. The fourth-order valence-electron chi connectivity index (χ4n) is 14.8. The summed E-state index contributed by atoms with van der Waals surface area (Å²) in [6, 6.07) is 116. The van der Waals surface area contributed by atoms with Gasteiger partial charge in [-0.3, -0.25) is 31.1 Å². The van der Waals surface area contributed by atoms with Crippen LogP contribution in [0.4, 0.5) is 10.2 Å². The first-order valence-electron chi connectivity index (χ1n) is 40.0. The Bertz CT molecular complexity index is 8560. The number of anilines is 1. The molecule has 0 aliphatic heterocycles. The molecular weight excluding hydrogens is 2180 g/mol. The van der Waals surface area contributed by atoms with Crippen LogP contribution < -0.4 is 35.3 Å². The Morgan fingerprint density at radius 2 is 0.858 bits per heavy atom. The first-order chi connectivity index (χ1) is 64.8. The third-order valence-electron chi connectivity index (χ3n) is 20.4. The van der Waals surface area contributed by atoms with Gasteiger partial charge in [0.05, 0.1) is 134 Å². The third kappa shape index (κ3) is 21.5. The maximum absolute atomic E-state index is 12.4. The summed E-state index contributed by atoms with van der Waals surface area (Å²) < 4.78 is 33.0. The largest absolute Gasteiger partial charge is 1.00 e. The van der Waals surface area contributed by atoms with Gasteiger partial charge in [0.15, 0.2) is 4.73 Å². The summed E-state index contributed by atoms with van der Waals surface area (Å²) in [5, 5.41) is 29.7. The molecule has 0 amide bonds. The molecule has 0 fully saturated rings. The van der Waals surface area contributed by atoms with E-state index in [-0.39, 0.29) is 49.9 Å². The number of alkyl halides is 1. The molecule has 1 radical (unpaired) electrons. The first kappa shape index (κ1) is 98.3. The molecule has 0 saturated carbocycles. The monoisotopic (exact) mass is 2250 g/mol. The number of halogens is 6. The van der Waals surface area contributed by atoms with Crippen molar-refractivity contribution in [3.63, 3.8) is 0 Å². The molecule has 0 spiro atoms. The van der Waals surface area contributed by atoms with E-state index in [9.17, 15) is 9.65 Å². The van der Waals surface area contributed by atoms with Crippen LogP contribution in [0.25, 0.3) is 150 Å². The fraction of sp³-hybridized carbons (Fsp3) is 0.0198. The second-order valence-electron chi connectivity index (χ2n) is 28.1. The van der Waals surface area contributed by atoms with E-state index in [0.717, 1.165) is 144 Å². The second-order valence-corrected chi connectivity index (χ2v) is 31.6. The summed E-state index contributed by atoms with van der Waals surface area (Å²) in [6.07, 6.45) is 7.87. The van der Waals surface area contributed by atoms with Crippen LogP contribution in [0.3, 0.4) is 0 Å². The number of nitrogens with one attached hydrogen (secondary N) is 1. The molecule has 25 aromatic rings. The number of nitriles is 3. The van der Waals surface area contributed by atoms with Crippen LogP contribution in [0, 0.1) is 47.0 Å². The Balaban J connectivity index is 0.000000139. The number of hydrogen-bond donors (Lipinski definition) is 3. The zero-order valence-electron chi connectivity index (χ0n) is 70.9. The molecule has 655 valence electrons. The van der Waals surface area contributed by atoms with Crippen molar-refractivity contribution >= 4 is 264 Å². The minimum atomic E-state index is -0.458. The molecular formula is C101H72BBrClCuFI3N22NaOS. The SMILES string of the molecule is C.Ic1ccccc1I.N#Cc1ccccc1-n1c(Br)nc2ccccc21.N#Cc1ccccc1-n1cnc2ccccc21.N#Cc1ccccc1F.Nc1nc2nc3ccccc3n2c2ccccc12.O=CCCl.[B]=NS.[Cu][I].[H-].[Na+].c1ccc2[nH]cnc2c1.c1ccc2c(c1)nc1n2c2ccccc2c2nc3ccccc3n21.c1ccc2c(c1)nc1n3ccnc3c3ccccc3n21. The summed E-state index contributed by atoms with van der Waals surface area (Å²) in [7, 11) is 4.34. The molecule has 11 aromatic heterocycles. The predicted octanol–water partition coefficient (Wildman–Crippen LogP) is 22.3. The number of aldehydes is 1. The van der Waals surface area contributed by atoms with Crippen molar-refractivity contribution < 1.29 is 52.9 Å². The number of fused-ring (bicyclic) bond motifs is 26. The number of aromatic nitrogens is 17. The topological polar surface area (TPSA) is 291 Å². The minimum Gasteiger partial charge on any atom is -1.00 e. The maximum atomic E-state index is 12.4. The molecule has 23 nitrogen and oxygen atoms in total. The van der Waals surface area contributed by atoms with Gasteiger partial charge in [0.25, 0.3) is 0 Å². The summed E-state index contributed by atoms with van der Waals surface area (Å²) in [5.41, 5.74) is 28.5. The summed E-state index contributed by atoms with van der Waals surface area (Å²) in [5.74, 6) is 2.62. The van der Waals surface area contributed by atoms with Gasteiger partial charge in [0.2, 0.25) is 17.3 Å². The predicted molar refractivity (Wildman–Crippen MR) is 562 cm³/mol. The van der Waals surface area contributed by atoms with E-state index in [2.05, 4.69) is 250 Å². The van der Waals surface area contributed by atoms with Gasteiger partial charge in [0, 0.05) is 35.7 Å². The van der Waals surface area contributed by atoms with Crippen LogP contribution in [0.15, 0.2) is 374 Å². The molecule has 14 aromatic carbocycles. The van der Waals surface area contributed by atoms with Crippen molar-refractivity contribution in [2.75, 3.05) is 11.6 Å². The molecule has 0 bridgehead atoms. The van der Waals surface area contributed by atoms with E-state index < -0.39 is 5.82 Å². The van der Waals surface area contributed by atoms with Gasteiger partial charge in [0.1, 0.15) is 53.8 Å². The van der Waals surface area contributed by atoms with E-state index >= 15 is 0 Å². The molecule has 0 atom stereocenters. The molecule has 25 rings (SSSR count). The van der Waals surface area contributed by atoms with E-state index in [4.69, 9.17) is 47.6 Å². The van der Waals surface area contributed by atoms with Gasteiger partial charge in [-0.25, -0.2) is 44.3 Å². The van der Waals surface area contributed by atoms with E-state index in [1.54, 1.807) is 57.3 Å². The number of nitrogens with zero attached hydrogens (tertiary/aromatic N) is 20. The molecule has 0 unspecified atom stereocenters. The third-order valence-corrected chi connectivity index (χ3v) is 24.0. The Hall–Kier alpha value is -13.2. The molecule has 0 saturated heterocycles. The molecule has 0 aliphatic carbocycles. The summed E-state index contributed by atoms with van der Waals surface area (Å²) >= 11 is 22.0. The van der Waals surface area contributed by atoms with Gasteiger partial charge in [-0.2, -0.15) is 20.8 Å². The fourth-order valence-corrected chi connectivity index (χ4v) is 16.1. The number of aromatic amines is 1. The van der Waals surface area contributed by atoms with Crippen LogP contribution in [0.1, 0.15) is 25.5 Å². The normalized spacial score (nSPS) is 10.4. The van der Waals surface area contributed by atoms with Crippen LogP contribution in [-0.4, -0.2) is 101 Å². The number of benzene rings is 14. The number of imidazole rings is 8. The number of hydrogen-bond acceptors (Lipinski definition) is 16. The second kappa shape index (κ2) is 47.4. The zero-order chi connectivity index (χ0) is 92.0. The Labute approximate surface area is 856 Å². The summed E-state index contributed by atoms with van der Waals surface area (Å²) in [6.45, 7) is 0. The number of thiol groups is 1. The zero-order valence-corrected chi connectivity index (χ0v) is 82.6. The average molecular weight is 2250 g/mol. The smallest absolute Gasteiger partial charge is 1.00 e. The van der Waals surface area contributed by atoms with Crippen LogP contribution >= 0.6 is 106 Å². The molecule has 11 heterocycles. The number of rotatable bonds is 3. The number of H-pyrrole nitrogens is 1. The molecule has 134 heavy (non-hydrogen) atoms. The van der Waals surface area contributed by atoms with Crippen molar-refractivity contribution in [3.05, 3.63) is 399 Å². The van der Waals surface area contributed by atoms with Gasteiger partial charge >= 0.3 is 87.4 Å².